The summed E-state index contributed by atoms with van der Waals surface area (Å²) in [6.45, 7) is 0. The van der Waals surface area contributed by atoms with E-state index in [0.29, 0.717) is 0 Å². The standard InChI is InChI=1S/2C14H18O2.2Mo.6O/c2*15-13-11-7-3-1-5-9(11)10-6-2-4-8-12(10)14(13)16;;;;;;;;/h2*15-16H,1-8H2;;;;;;;;. The van der Waals surface area contributed by atoms with Crippen LogP contribution in [0.4, 0.5) is 0 Å². The van der Waals surface area contributed by atoms with Gasteiger partial charge in [0.1, 0.15) is 0 Å². The number of benzene rings is 2. The molecule has 1 heterocycles. The Morgan fingerprint density at radius 2 is 0.525 bits per heavy atom. The van der Waals surface area contributed by atoms with Crippen molar-refractivity contribution in [2.75, 3.05) is 0 Å². The summed E-state index contributed by atoms with van der Waals surface area (Å²) in [5.41, 5.74) is 9.56. The molecule has 0 bridgehead atoms. The van der Waals surface area contributed by atoms with E-state index < -0.39 is 33.5 Å². The van der Waals surface area contributed by atoms with Crippen LogP contribution in [0.5, 0.6) is 23.0 Å². The van der Waals surface area contributed by atoms with E-state index in [2.05, 4.69) is 4.09 Å². The number of aromatic hydroxyl groups is 4. The molecule has 4 N–H and O–H groups in total. The van der Waals surface area contributed by atoms with Crippen LogP contribution in [-0.2, 0) is 103 Å². The normalized spacial score (nSPS) is 21.4. The molecule has 7 rings (SSSR count). The van der Waals surface area contributed by atoms with Crippen LogP contribution < -0.4 is 0 Å². The zero-order chi connectivity index (χ0) is 28.7. The topological polar surface area (TPSA) is 168 Å². The number of phenolic OH excluding ortho intramolecular Hbond substituents is 4. The molecule has 0 radical (unpaired) electrons. The second kappa shape index (κ2) is 11.8. The number of phenols is 4. The Morgan fingerprint density at radius 3 is 0.675 bits per heavy atom. The molecule has 0 saturated carbocycles. The number of hydrogen-bond donors (Lipinski definition) is 4. The predicted octanol–water partition coefficient (Wildman–Crippen LogP) is 5.09. The van der Waals surface area contributed by atoms with E-state index in [4.69, 9.17) is 0 Å². The second-order valence-corrected chi connectivity index (χ2v) is 19.6. The van der Waals surface area contributed by atoms with Crippen molar-refractivity contribution in [3.05, 3.63) is 44.5 Å². The third-order valence-electron chi connectivity index (χ3n) is 8.53. The van der Waals surface area contributed by atoms with Crippen LogP contribution in [0.3, 0.4) is 0 Å². The third-order valence-corrected chi connectivity index (χ3v) is 19.9. The van der Waals surface area contributed by atoms with Gasteiger partial charge in [-0.15, -0.1) is 0 Å². The summed E-state index contributed by atoms with van der Waals surface area (Å²) in [5, 5.41) is 40.2. The first kappa shape index (κ1) is 29.6. The molecule has 0 aromatic heterocycles. The van der Waals surface area contributed by atoms with Crippen molar-refractivity contribution < 1.29 is 71.6 Å². The Morgan fingerprint density at radius 1 is 0.350 bits per heavy atom. The fourth-order valence-corrected chi connectivity index (χ4v) is 13.9. The molecule has 0 atom stereocenters. The molecule has 1 fully saturated rings. The van der Waals surface area contributed by atoms with Crippen molar-refractivity contribution >= 4 is 0 Å². The first-order valence-electron chi connectivity index (χ1n) is 14.1. The Bertz CT molecular complexity index is 1310. The molecular formula is C28H36Mo2O10. The van der Waals surface area contributed by atoms with Crippen LogP contribution in [0.2, 0.25) is 0 Å². The summed E-state index contributed by atoms with van der Waals surface area (Å²) >= 11 is -10.2. The van der Waals surface area contributed by atoms with Crippen molar-refractivity contribution in [3.8, 4) is 23.0 Å². The maximum atomic E-state index is 10.0. The van der Waals surface area contributed by atoms with Gasteiger partial charge in [-0.25, -0.2) is 0 Å². The minimum absolute atomic E-state index is 0.176. The van der Waals surface area contributed by atoms with Crippen LogP contribution in [0, 0.1) is 0 Å². The molecule has 2 aromatic rings. The van der Waals surface area contributed by atoms with E-state index in [1.165, 1.54) is 47.9 Å². The molecule has 0 spiro atoms. The minimum atomic E-state index is -5.08. The van der Waals surface area contributed by atoms with Crippen LogP contribution in [0.25, 0.3) is 0 Å². The van der Waals surface area contributed by atoms with E-state index in [1.54, 1.807) is 0 Å². The molecular weight excluding hydrogens is 688 g/mol. The Balaban J connectivity index is 0.000000128. The van der Waals surface area contributed by atoms with Gasteiger partial charge in [-0.1, -0.05) is 0 Å². The third kappa shape index (κ3) is 6.01. The molecule has 1 aliphatic heterocycles. The SMILES string of the molecule is Oc1c(O)c2c(c3c1CCCC3)CCCC2.Oc1c(O)c2c(c3c1CCCC3)CCCC2.[O]=[Mo]1(=[O])[O][Mo](=[O])(=[O])[O]1. The molecule has 5 aliphatic rings. The number of rotatable bonds is 0. The molecule has 10 nitrogen and oxygen atoms in total. The summed E-state index contributed by atoms with van der Waals surface area (Å²) in [6.07, 6.45) is 17.5. The van der Waals surface area contributed by atoms with Crippen molar-refractivity contribution in [2.24, 2.45) is 0 Å². The van der Waals surface area contributed by atoms with Gasteiger partial charge in [-0.2, -0.15) is 0 Å². The zero-order valence-corrected chi connectivity index (χ0v) is 26.4. The van der Waals surface area contributed by atoms with Gasteiger partial charge in [0.2, 0.25) is 0 Å². The van der Waals surface area contributed by atoms with Crippen molar-refractivity contribution in [1.29, 1.82) is 0 Å². The molecule has 12 heteroatoms. The summed E-state index contributed by atoms with van der Waals surface area (Å²) in [6, 6.07) is 0. The number of hydrogen-bond acceptors (Lipinski definition) is 10. The number of fused-ring (bicyclic) bond motifs is 6. The molecule has 0 amide bonds. The van der Waals surface area contributed by atoms with E-state index in [1.807, 2.05) is 0 Å². The molecule has 40 heavy (non-hydrogen) atoms. The zero-order valence-electron chi connectivity index (χ0n) is 22.4. The summed E-state index contributed by atoms with van der Waals surface area (Å²) in [7, 11) is 0. The van der Waals surface area contributed by atoms with Crippen molar-refractivity contribution in [1.82, 2.24) is 0 Å². The summed E-state index contributed by atoms with van der Waals surface area (Å²) in [4.78, 5) is 0. The van der Waals surface area contributed by atoms with E-state index in [9.17, 15) is 34.0 Å². The predicted molar refractivity (Wildman–Crippen MR) is 131 cm³/mol. The van der Waals surface area contributed by atoms with Crippen molar-refractivity contribution in [3.63, 3.8) is 0 Å². The van der Waals surface area contributed by atoms with E-state index in [-0.39, 0.29) is 23.0 Å². The van der Waals surface area contributed by atoms with Gasteiger partial charge in [-0.05, 0) is 125 Å². The Hall–Kier alpha value is -1.86. The van der Waals surface area contributed by atoms with Gasteiger partial charge in [0.25, 0.3) is 0 Å². The maximum absolute atomic E-state index is 10.0. The van der Waals surface area contributed by atoms with Gasteiger partial charge in [0, 0.05) is 22.3 Å². The van der Waals surface area contributed by atoms with Crippen LogP contribution in [-0.4, -0.2) is 20.4 Å². The average molecular weight is 724 g/mol. The van der Waals surface area contributed by atoms with Gasteiger partial charge >= 0.3 is 51.2 Å². The fourth-order valence-electron chi connectivity index (χ4n) is 6.78. The summed E-state index contributed by atoms with van der Waals surface area (Å²) in [5.74, 6) is 0.705. The Labute approximate surface area is 240 Å². The van der Waals surface area contributed by atoms with Gasteiger partial charge in [0.05, 0.1) is 0 Å². The van der Waals surface area contributed by atoms with Crippen LogP contribution in [0.15, 0.2) is 0 Å². The van der Waals surface area contributed by atoms with Crippen LogP contribution in [0.1, 0.15) is 95.9 Å². The van der Waals surface area contributed by atoms with Gasteiger partial charge in [0.15, 0.2) is 23.0 Å². The Kier molecular flexibility index (Phi) is 8.73. The van der Waals surface area contributed by atoms with E-state index in [0.717, 1.165) is 99.3 Å². The van der Waals surface area contributed by atoms with E-state index >= 15 is 0 Å². The van der Waals surface area contributed by atoms with Gasteiger partial charge < -0.3 is 20.4 Å². The average Bonchev–Trinajstić information content (AvgIpc) is 2.94. The molecule has 220 valence electrons. The molecule has 1 saturated heterocycles. The monoisotopic (exact) mass is 728 g/mol. The van der Waals surface area contributed by atoms with Crippen LogP contribution >= 0.6 is 0 Å². The first-order chi connectivity index (χ1) is 19.0. The van der Waals surface area contributed by atoms with Gasteiger partial charge in [-0.3, -0.25) is 0 Å². The molecule has 0 unspecified atom stereocenters. The quantitative estimate of drug-likeness (QED) is 0.212. The fraction of sp³-hybridized carbons (Fsp3) is 0.571. The molecule has 4 aliphatic carbocycles. The summed E-state index contributed by atoms with van der Waals surface area (Å²) < 4.78 is 46.1. The molecule has 2 aromatic carbocycles. The second-order valence-electron chi connectivity index (χ2n) is 11.0. The first-order valence-corrected chi connectivity index (χ1v) is 20.6. The van der Waals surface area contributed by atoms with Crippen molar-refractivity contribution in [2.45, 2.75) is 103 Å².